The molecule has 1 saturated heterocycles. The highest BCUT2D eigenvalue weighted by Gasteiger charge is 2.34. The second-order valence-electron chi connectivity index (χ2n) is 6.00. The Balaban J connectivity index is 1.98. The van der Waals surface area contributed by atoms with Crippen molar-refractivity contribution in [2.45, 2.75) is 51.3 Å². The summed E-state index contributed by atoms with van der Waals surface area (Å²) in [5, 5.41) is 11.5. The SMILES string of the molecule is CC(O)CCN(C)C(C)C(=O)N1CCCC1c1cccs1. The van der Waals surface area contributed by atoms with Crippen LogP contribution in [0.25, 0.3) is 0 Å². The zero-order valence-corrected chi connectivity index (χ0v) is 14.0. The molecule has 0 aromatic carbocycles. The molecule has 1 aliphatic rings. The minimum Gasteiger partial charge on any atom is -0.393 e. The summed E-state index contributed by atoms with van der Waals surface area (Å²) < 4.78 is 0. The molecule has 118 valence electrons. The molecular formula is C16H26N2O2S. The number of hydrogen-bond donors (Lipinski definition) is 1. The van der Waals surface area contributed by atoms with Crippen LogP contribution in [-0.2, 0) is 4.79 Å². The zero-order chi connectivity index (χ0) is 15.4. The molecule has 1 N–H and O–H groups in total. The van der Waals surface area contributed by atoms with E-state index in [1.807, 2.05) is 23.8 Å². The normalized spacial score (nSPS) is 21.8. The summed E-state index contributed by atoms with van der Waals surface area (Å²) in [6.07, 6.45) is 2.53. The molecule has 0 bridgehead atoms. The van der Waals surface area contributed by atoms with Crippen molar-refractivity contribution in [3.05, 3.63) is 22.4 Å². The molecule has 1 aromatic heterocycles. The molecule has 0 aliphatic carbocycles. The van der Waals surface area contributed by atoms with Crippen LogP contribution >= 0.6 is 11.3 Å². The number of likely N-dealkylation sites (tertiary alicyclic amines) is 1. The van der Waals surface area contributed by atoms with Gasteiger partial charge in [-0.25, -0.2) is 0 Å². The quantitative estimate of drug-likeness (QED) is 0.878. The summed E-state index contributed by atoms with van der Waals surface area (Å²) in [7, 11) is 1.96. The molecule has 3 unspecified atom stereocenters. The fraction of sp³-hybridized carbons (Fsp3) is 0.688. The molecule has 1 amide bonds. The molecular weight excluding hydrogens is 284 g/mol. The maximum absolute atomic E-state index is 12.8. The number of aliphatic hydroxyl groups excluding tert-OH is 1. The van der Waals surface area contributed by atoms with Gasteiger partial charge in [-0.05, 0) is 51.6 Å². The second-order valence-corrected chi connectivity index (χ2v) is 6.98. The van der Waals surface area contributed by atoms with E-state index in [9.17, 15) is 9.90 Å². The number of rotatable bonds is 6. The largest absolute Gasteiger partial charge is 0.393 e. The number of carbonyl (C=O) groups excluding carboxylic acids is 1. The first-order valence-corrected chi connectivity index (χ1v) is 8.61. The summed E-state index contributed by atoms with van der Waals surface area (Å²) in [4.78, 5) is 18.1. The van der Waals surface area contributed by atoms with Crippen LogP contribution in [0.15, 0.2) is 17.5 Å². The van der Waals surface area contributed by atoms with Gasteiger partial charge >= 0.3 is 0 Å². The number of nitrogens with zero attached hydrogens (tertiary/aromatic N) is 2. The van der Waals surface area contributed by atoms with Crippen molar-refractivity contribution < 1.29 is 9.90 Å². The standard InChI is InChI=1S/C16H26N2O2S/c1-12(19)8-10-17(3)13(2)16(20)18-9-4-6-14(18)15-7-5-11-21-15/h5,7,11-14,19H,4,6,8-10H2,1-3H3. The minimum absolute atomic E-state index is 0.135. The third-order valence-electron chi connectivity index (χ3n) is 4.33. The topological polar surface area (TPSA) is 43.8 Å². The smallest absolute Gasteiger partial charge is 0.240 e. The number of aliphatic hydroxyl groups is 1. The van der Waals surface area contributed by atoms with Crippen LogP contribution < -0.4 is 0 Å². The molecule has 2 heterocycles. The molecule has 21 heavy (non-hydrogen) atoms. The molecule has 4 nitrogen and oxygen atoms in total. The van der Waals surface area contributed by atoms with Gasteiger partial charge in [-0.2, -0.15) is 0 Å². The monoisotopic (exact) mass is 310 g/mol. The van der Waals surface area contributed by atoms with E-state index in [2.05, 4.69) is 17.5 Å². The minimum atomic E-state index is -0.319. The first-order valence-electron chi connectivity index (χ1n) is 7.73. The maximum atomic E-state index is 12.8. The van der Waals surface area contributed by atoms with E-state index in [4.69, 9.17) is 0 Å². The maximum Gasteiger partial charge on any atom is 0.240 e. The number of likely N-dealkylation sites (N-methyl/N-ethyl adjacent to an activating group) is 1. The predicted octanol–water partition coefficient (Wildman–Crippen LogP) is 2.50. The zero-order valence-electron chi connectivity index (χ0n) is 13.2. The summed E-state index contributed by atoms with van der Waals surface area (Å²) in [6, 6.07) is 4.30. The van der Waals surface area contributed by atoms with Crippen molar-refractivity contribution in [3.63, 3.8) is 0 Å². The van der Waals surface area contributed by atoms with Crippen molar-refractivity contribution in [3.8, 4) is 0 Å². The molecule has 1 aliphatic heterocycles. The van der Waals surface area contributed by atoms with E-state index in [0.29, 0.717) is 6.42 Å². The van der Waals surface area contributed by atoms with Crippen LogP contribution in [0.1, 0.15) is 44.0 Å². The van der Waals surface area contributed by atoms with Gasteiger partial charge in [0, 0.05) is 18.0 Å². The van der Waals surface area contributed by atoms with Gasteiger partial charge in [-0.15, -0.1) is 11.3 Å². The number of thiophene rings is 1. The lowest BCUT2D eigenvalue weighted by molar-refractivity contribution is -0.137. The number of hydrogen-bond acceptors (Lipinski definition) is 4. The second kappa shape index (κ2) is 7.38. The predicted molar refractivity (Wildman–Crippen MR) is 86.4 cm³/mol. The molecule has 5 heteroatoms. The van der Waals surface area contributed by atoms with Crippen molar-refractivity contribution in [2.75, 3.05) is 20.1 Å². The Bertz CT molecular complexity index is 447. The third kappa shape index (κ3) is 4.05. The van der Waals surface area contributed by atoms with Crippen LogP contribution in [0.4, 0.5) is 0 Å². The first-order chi connectivity index (χ1) is 10.0. The van der Waals surface area contributed by atoms with Gasteiger partial charge in [0.05, 0.1) is 18.2 Å². The van der Waals surface area contributed by atoms with Crippen LogP contribution in [0.2, 0.25) is 0 Å². The Morgan fingerprint density at radius 3 is 2.95 bits per heavy atom. The molecule has 0 spiro atoms. The lowest BCUT2D eigenvalue weighted by Gasteiger charge is -2.31. The van der Waals surface area contributed by atoms with Crippen molar-refractivity contribution in [1.29, 1.82) is 0 Å². The van der Waals surface area contributed by atoms with Gasteiger partial charge < -0.3 is 10.0 Å². The lowest BCUT2D eigenvalue weighted by Crippen LogP contribution is -2.45. The van der Waals surface area contributed by atoms with Gasteiger partial charge in [-0.3, -0.25) is 9.69 Å². The lowest BCUT2D eigenvalue weighted by atomic mass is 10.1. The van der Waals surface area contributed by atoms with E-state index < -0.39 is 0 Å². The van der Waals surface area contributed by atoms with Crippen LogP contribution in [0, 0.1) is 0 Å². The van der Waals surface area contributed by atoms with E-state index in [0.717, 1.165) is 25.9 Å². The summed E-state index contributed by atoms with van der Waals surface area (Å²) in [6.45, 7) is 5.35. The average molecular weight is 310 g/mol. The van der Waals surface area contributed by atoms with Crippen LogP contribution in [-0.4, -0.2) is 53.1 Å². The van der Waals surface area contributed by atoms with E-state index in [1.165, 1.54) is 4.88 Å². The van der Waals surface area contributed by atoms with Gasteiger partial charge in [0.2, 0.25) is 5.91 Å². The summed E-state index contributed by atoms with van der Waals surface area (Å²) in [5.41, 5.74) is 0. The highest BCUT2D eigenvalue weighted by Crippen LogP contribution is 2.35. The van der Waals surface area contributed by atoms with Crippen molar-refractivity contribution in [2.24, 2.45) is 0 Å². The van der Waals surface area contributed by atoms with Gasteiger partial charge in [-0.1, -0.05) is 6.07 Å². The Hall–Kier alpha value is -0.910. The molecule has 3 atom stereocenters. The highest BCUT2D eigenvalue weighted by atomic mass is 32.1. The average Bonchev–Trinajstić information content (AvgIpc) is 3.12. The summed E-state index contributed by atoms with van der Waals surface area (Å²) in [5.74, 6) is 0.207. The molecule has 1 aromatic rings. The Morgan fingerprint density at radius 1 is 1.57 bits per heavy atom. The fourth-order valence-corrected chi connectivity index (χ4v) is 3.69. The van der Waals surface area contributed by atoms with Crippen molar-refractivity contribution in [1.82, 2.24) is 9.80 Å². The highest BCUT2D eigenvalue weighted by molar-refractivity contribution is 7.10. The van der Waals surface area contributed by atoms with Crippen molar-refractivity contribution >= 4 is 17.2 Å². The Kier molecular flexibility index (Phi) is 5.79. The van der Waals surface area contributed by atoms with Gasteiger partial charge in [0.25, 0.3) is 0 Å². The molecule has 1 fully saturated rings. The summed E-state index contributed by atoms with van der Waals surface area (Å²) >= 11 is 1.74. The molecule has 0 saturated carbocycles. The van der Waals surface area contributed by atoms with E-state index in [-0.39, 0.29) is 24.1 Å². The van der Waals surface area contributed by atoms with Gasteiger partial charge in [0.1, 0.15) is 0 Å². The Labute approximate surface area is 131 Å². The first kappa shape index (κ1) is 16.5. The third-order valence-corrected chi connectivity index (χ3v) is 5.30. The van der Waals surface area contributed by atoms with Crippen LogP contribution in [0.5, 0.6) is 0 Å². The fourth-order valence-electron chi connectivity index (χ4n) is 2.82. The molecule has 2 rings (SSSR count). The Morgan fingerprint density at radius 2 is 2.33 bits per heavy atom. The van der Waals surface area contributed by atoms with Crippen LogP contribution in [0.3, 0.4) is 0 Å². The van der Waals surface area contributed by atoms with Gasteiger partial charge in [0.15, 0.2) is 0 Å². The van der Waals surface area contributed by atoms with E-state index >= 15 is 0 Å². The van der Waals surface area contributed by atoms with E-state index in [1.54, 1.807) is 18.3 Å². The number of carbonyl (C=O) groups is 1. The molecule has 0 radical (unpaired) electrons. The number of amides is 1.